The summed E-state index contributed by atoms with van der Waals surface area (Å²) in [6, 6.07) is 0. The monoisotopic (exact) mass is 156 g/mol. The molecule has 0 rings (SSSR count). The summed E-state index contributed by atoms with van der Waals surface area (Å²) in [7, 11) is 0. The minimum atomic E-state index is 0.0548. The Bertz CT molecular complexity index is 193. The van der Waals surface area contributed by atoms with Crippen molar-refractivity contribution in [2.24, 2.45) is 0 Å². The van der Waals surface area contributed by atoms with Crippen molar-refractivity contribution in [2.75, 3.05) is 6.61 Å². The summed E-state index contributed by atoms with van der Waals surface area (Å²) in [5, 5.41) is 8.51. The molecule has 0 aliphatic rings. The maximum absolute atomic E-state index is 8.51. The molecule has 0 atom stereocenters. The smallest absolute Gasteiger partial charge is 0.0648 e. The summed E-state index contributed by atoms with van der Waals surface area (Å²) >= 11 is 5.20. The van der Waals surface area contributed by atoms with Crippen molar-refractivity contribution in [1.29, 1.82) is 0 Å². The third-order valence-corrected chi connectivity index (χ3v) is 0.924. The fraction of sp³-hybridized carbons (Fsp3) is 0.250. The van der Waals surface area contributed by atoms with Gasteiger partial charge in [0.1, 0.15) is 0 Å². The standard InChI is InChI=1S/C8H9ClO/c1-8(7-10)5-3-2-4-6-9/h4-6,10H,7H2,1H3/b6-4-,8-5+. The Balaban J connectivity index is 3.84. The highest BCUT2D eigenvalue weighted by Gasteiger charge is 1.77. The van der Waals surface area contributed by atoms with E-state index in [4.69, 9.17) is 16.7 Å². The first kappa shape index (κ1) is 9.29. The molecule has 1 N–H and O–H groups in total. The molecule has 0 saturated carbocycles. The lowest BCUT2D eigenvalue weighted by molar-refractivity contribution is 0.331. The number of hydrogen-bond acceptors (Lipinski definition) is 1. The zero-order valence-corrected chi connectivity index (χ0v) is 6.52. The molecule has 2 heteroatoms. The highest BCUT2D eigenvalue weighted by molar-refractivity contribution is 6.25. The predicted molar refractivity (Wildman–Crippen MR) is 43.6 cm³/mol. The molecule has 1 nitrogen and oxygen atoms in total. The van der Waals surface area contributed by atoms with Crippen molar-refractivity contribution >= 4 is 11.6 Å². The molecule has 0 aliphatic carbocycles. The van der Waals surface area contributed by atoms with Gasteiger partial charge in [-0.3, -0.25) is 0 Å². The van der Waals surface area contributed by atoms with Crippen LogP contribution < -0.4 is 0 Å². The van der Waals surface area contributed by atoms with Crippen LogP contribution in [0.3, 0.4) is 0 Å². The van der Waals surface area contributed by atoms with E-state index in [1.54, 1.807) is 13.0 Å². The van der Waals surface area contributed by atoms with Gasteiger partial charge in [-0.15, -0.1) is 0 Å². The Labute approximate surface area is 66.0 Å². The summed E-state index contributed by atoms with van der Waals surface area (Å²) in [4.78, 5) is 0. The zero-order valence-electron chi connectivity index (χ0n) is 5.76. The van der Waals surface area contributed by atoms with Gasteiger partial charge >= 0.3 is 0 Å². The second-order valence-corrected chi connectivity index (χ2v) is 1.98. The van der Waals surface area contributed by atoms with Crippen LogP contribution in [0, 0.1) is 11.8 Å². The van der Waals surface area contributed by atoms with E-state index in [-0.39, 0.29) is 6.61 Å². The second kappa shape index (κ2) is 6.41. The van der Waals surface area contributed by atoms with Gasteiger partial charge in [-0.25, -0.2) is 0 Å². The molecule has 0 spiro atoms. The molecule has 0 fully saturated rings. The first-order valence-corrected chi connectivity index (χ1v) is 3.27. The average Bonchev–Trinajstić information content (AvgIpc) is 1.98. The number of aliphatic hydroxyl groups is 1. The van der Waals surface area contributed by atoms with Gasteiger partial charge in [-0.1, -0.05) is 23.4 Å². The molecule has 0 heterocycles. The fourth-order valence-electron chi connectivity index (χ4n) is 0.290. The highest BCUT2D eigenvalue weighted by Crippen LogP contribution is 1.86. The Morgan fingerprint density at radius 3 is 2.80 bits per heavy atom. The van der Waals surface area contributed by atoms with Crippen LogP contribution >= 0.6 is 11.6 Å². The van der Waals surface area contributed by atoms with Crippen molar-refractivity contribution in [2.45, 2.75) is 6.92 Å². The van der Waals surface area contributed by atoms with Crippen LogP contribution in [-0.4, -0.2) is 11.7 Å². The molecule has 0 saturated heterocycles. The van der Waals surface area contributed by atoms with Crippen molar-refractivity contribution in [3.05, 3.63) is 23.3 Å². The fourth-order valence-corrected chi connectivity index (χ4v) is 0.353. The summed E-state index contributed by atoms with van der Waals surface area (Å²) < 4.78 is 0. The Morgan fingerprint density at radius 1 is 1.60 bits per heavy atom. The molecule has 10 heavy (non-hydrogen) atoms. The summed E-state index contributed by atoms with van der Waals surface area (Å²) in [5.74, 6) is 5.34. The maximum Gasteiger partial charge on any atom is 0.0648 e. The van der Waals surface area contributed by atoms with E-state index in [1.165, 1.54) is 11.6 Å². The maximum atomic E-state index is 8.51. The zero-order chi connectivity index (χ0) is 7.82. The number of rotatable bonds is 1. The molecule has 0 amide bonds. The average molecular weight is 157 g/mol. The van der Waals surface area contributed by atoms with E-state index < -0.39 is 0 Å². The number of aliphatic hydroxyl groups excluding tert-OH is 1. The van der Waals surface area contributed by atoms with Gasteiger partial charge in [0.25, 0.3) is 0 Å². The molecule has 0 aromatic rings. The van der Waals surface area contributed by atoms with Crippen LogP contribution in [0.5, 0.6) is 0 Å². The van der Waals surface area contributed by atoms with Gasteiger partial charge in [0.05, 0.1) is 6.61 Å². The minimum absolute atomic E-state index is 0.0548. The van der Waals surface area contributed by atoms with Crippen molar-refractivity contribution in [3.63, 3.8) is 0 Å². The van der Waals surface area contributed by atoms with Crippen molar-refractivity contribution in [1.82, 2.24) is 0 Å². The van der Waals surface area contributed by atoms with Crippen molar-refractivity contribution < 1.29 is 5.11 Å². The van der Waals surface area contributed by atoms with Gasteiger partial charge < -0.3 is 5.11 Å². The molecule has 0 aliphatic heterocycles. The van der Waals surface area contributed by atoms with E-state index >= 15 is 0 Å². The normalized spacial score (nSPS) is 11.3. The third-order valence-electron chi connectivity index (χ3n) is 0.798. The Kier molecular flexibility index (Phi) is 5.96. The van der Waals surface area contributed by atoms with E-state index in [1.807, 2.05) is 0 Å². The molecular weight excluding hydrogens is 148 g/mol. The van der Waals surface area contributed by atoms with Crippen LogP contribution in [0.4, 0.5) is 0 Å². The number of allylic oxidation sites excluding steroid dienone is 2. The number of halogens is 1. The van der Waals surface area contributed by atoms with Gasteiger partial charge in [0.2, 0.25) is 0 Å². The largest absolute Gasteiger partial charge is 0.392 e. The lowest BCUT2D eigenvalue weighted by Crippen LogP contribution is -1.80. The van der Waals surface area contributed by atoms with E-state index in [0.29, 0.717) is 0 Å². The van der Waals surface area contributed by atoms with Crippen LogP contribution in [0.1, 0.15) is 6.92 Å². The third kappa shape index (κ3) is 5.43. The van der Waals surface area contributed by atoms with Crippen LogP contribution in [0.15, 0.2) is 23.3 Å². The second-order valence-electron chi connectivity index (χ2n) is 1.73. The van der Waals surface area contributed by atoms with E-state index in [2.05, 4.69) is 11.8 Å². The Hall–Kier alpha value is -0.710. The SMILES string of the molecule is C/C(=C\C#C/C=C\Cl)CO. The Morgan fingerprint density at radius 2 is 2.30 bits per heavy atom. The van der Waals surface area contributed by atoms with Crippen molar-refractivity contribution in [3.8, 4) is 11.8 Å². The molecule has 0 radical (unpaired) electrons. The molecule has 0 aromatic heterocycles. The van der Waals surface area contributed by atoms with Gasteiger partial charge in [0, 0.05) is 5.54 Å². The minimum Gasteiger partial charge on any atom is -0.392 e. The van der Waals surface area contributed by atoms with Gasteiger partial charge in [0.15, 0.2) is 0 Å². The predicted octanol–water partition coefficient (Wildman–Crippen LogP) is 1.68. The lowest BCUT2D eigenvalue weighted by Gasteiger charge is -1.84. The molecular formula is C8H9ClO. The highest BCUT2D eigenvalue weighted by atomic mass is 35.5. The lowest BCUT2D eigenvalue weighted by atomic mass is 10.3. The molecule has 0 bridgehead atoms. The topological polar surface area (TPSA) is 20.2 Å². The van der Waals surface area contributed by atoms with Gasteiger partial charge in [-0.05, 0) is 24.6 Å². The summed E-state index contributed by atoms with van der Waals surface area (Å²) in [6.07, 6.45) is 3.18. The quantitative estimate of drug-likeness (QED) is 0.573. The first-order chi connectivity index (χ1) is 4.81. The van der Waals surface area contributed by atoms with E-state index in [0.717, 1.165) is 5.57 Å². The van der Waals surface area contributed by atoms with Crippen LogP contribution in [-0.2, 0) is 0 Å². The summed E-state index contributed by atoms with van der Waals surface area (Å²) in [5.41, 5.74) is 2.19. The van der Waals surface area contributed by atoms with Gasteiger partial charge in [-0.2, -0.15) is 0 Å². The molecule has 54 valence electrons. The van der Waals surface area contributed by atoms with Crippen LogP contribution in [0.2, 0.25) is 0 Å². The summed E-state index contributed by atoms with van der Waals surface area (Å²) in [6.45, 7) is 1.86. The number of hydrogen-bond donors (Lipinski definition) is 1. The first-order valence-electron chi connectivity index (χ1n) is 2.84. The molecule has 0 unspecified atom stereocenters. The van der Waals surface area contributed by atoms with Crippen LogP contribution in [0.25, 0.3) is 0 Å². The molecule has 0 aromatic carbocycles. The van der Waals surface area contributed by atoms with E-state index in [9.17, 15) is 0 Å².